The number of fused-ring (bicyclic) bond motifs is 1. The summed E-state index contributed by atoms with van der Waals surface area (Å²) in [4.78, 5) is 4.56. The standard InChI is InChI=1S/C16H16N2O/c1-11-7-6-10-18-14(12(2)17-16(11)18)15(19)13-8-4-3-5-9-13/h3-10,15,19H,1-2H3. The number of pyridine rings is 1. The van der Waals surface area contributed by atoms with E-state index in [-0.39, 0.29) is 0 Å². The molecule has 1 unspecified atom stereocenters. The fourth-order valence-corrected chi connectivity index (χ4v) is 2.46. The molecule has 2 aromatic heterocycles. The topological polar surface area (TPSA) is 37.5 Å². The Hall–Kier alpha value is -2.13. The van der Waals surface area contributed by atoms with Gasteiger partial charge in [-0.25, -0.2) is 4.98 Å². The number of benzene rings is 1. The maximum Gasteiger partial charge on any atom is 0.140 e. The lowest BCUT2D eigenvalue weighted by atomic mass is 10.1. The van der Waals surface area contributed by atoms with Crippen LogP contribution in [0.5, 0.6) is 0 Å². The van der Waals surface area contributed by atoms with Crippen molar-refractivity contribution in [3.8, 4) is 0 Å². The van der Waals surface area contributed by atoms with Gasteiger partial charge >= 0.3 is 0 Å². The summed E-state index contributed by atoms with van der Waals surface area (Å²) in [5, 5.41) is 10.6. The van der Waals surface area contributed by atoms with Gasteiger partial charge in [0, 0.05) is 6.20 Å². The molecule has 3 heteroatoms. The second-order valence-corrected chi connectivity index (χ2v) is 4.78. The first-order chi connectivity index (χ1) is 9.18. The number of aryl methyl sites for hydroxylation is 2. The average Bonchev–Trinajstić information content (AvgIpc) is 2.77. The maximum atomic E-state index is 10.6. The van der Waals surface area contributed by atoms with Crippen molar-refractivity contribution in [2.24, 2.45) is 0 Å². The molecule has 2 heterocycles. The van der Waals surface area contributed by atoms with Crippen molar-refractivity contribution in [2.45, 2.75) is 20.0 Å². The van der Waals surface area contributed by atoms with Crippen LogP contribution in [0, 0.1) is 13.8 Å². The minimum absolute atomic E-state index is 0.655. The Kier molecular flexibility index (Phi) is 2.84. The van der Waals surface area contributed by atoms with E-state index in [2.05, 4.69) is 4.98 Å². The molecule has 0 saturated heterocycles. The van der Waals surface area contributed by atoms with E-state index in [0.29, 0.717) is 0 Å². The fourth-order valence-electron chi connectivity index (χ4n) is 2.46. The molecule has 0 aliphatic rings. The van der Waals surface area contributed by atoms with Gasteiger partial charge in [-0.3, -0.25) is 0 Å². The van der Waals surface area contributed by atoms with Gasteiger partial charge in [0.2, 0.25) is 0 Å². The summed E-state index contributed by atoms with van der Waals surface area (Å²) < 4.78 is 1.97. The highest BCUT2D eigenvalue weighted by Gasteiger charge is 2.19. The second-order valence-electron chi connectivity index (χ2n) is 4.78. The number of hydrogen-bond acceptors (Lipinski definition) is 2. The van der Waals surface area contributed by atoms with Crippen molar-refractivity contribution in [1.82, 2.24) is 9.38 Å². The van der Waals surface area contributed by atoms with Gasteiger partial charge in [-0.1, -0.05) is 36.4 Å². The summed E-state index contributed by atoms with van der Waals surface area (Å²) in [6.45, 7) is 3.97. The third-order valence-corrected chi connectivity index (χ3v) is 3.44. The van der Waals surface area contributed by atoms with Crippen LogP contribution in [0.2, 0.25) is 0 Å². The first-order valence-electron chi connectivity index (χ1n) is 6.35. The lowest BCUT2D eigenvalue weighted by Gasteiger charge is -2.12. The molecule has 0 amide bonds. The smallest absolute Gasteiger partial charge is 0.140 e. The highest BCUT2D eigenvalue weighted by atomic mass is 16.3. The minimum atomic E-state index is -0.655. The second kappa shape index (κ2) is 4.52. The number of nitrogens with zero attached hydrogens (tertiary/aromatic N) is 2. The molecule has 0 saturated carbocycles. The number of rotatable bonds is 2. The Morgan fingerprint density at radius 3 is 2.53 bits per heavy atom. The molecule has 0 bridgehead atoms. The molecule has 0 radical (unpaired) electrons. The number of aromatic nitrogens is 2. The SMILES string of the molecule is Cc1nc2c(C)cccn2c1C(O)c1ccccc1. The molecule has 96 valence electrons. The van der Waals surface area contributed by atoms with Crippen LogP contribution in [0.25, 0.3) is 5.65 Å². The van der Waals surface area contributed by atoms with Gasteiger partial charge in [-0.15, -0.1) is 0 Å². The number of aliphatic hydroxyl groups is 1. The third kappa shape index (κ3) is 1.92. The monoisotopic (exact) mass is 252 g/mol. The number of hydrogen-bond donors (Lipinski definition) is 1. The van der Waals surface area contributed by atoms with Gasteiger partial charge in [0.25, 0.3) is 0 Å². The first kappa shape index (κ1) is 11.9. The van der Waals surface area contributed by atoms with Crippen LogP contribution in [0.15, 0.2) is 48.7 Å². The summed E-state index contributed by atoms with van der Waals surface area (Å²) in [7, 11) is 0. The Balaban J connectivity index is 2.20. The van der Waals surface area contributed by atoms with Crippen molar-refractivity contribution in [1.29, 1.82) is 0 Å². The summed E-state index contributed by atoms with van der Waals surface area (Å²) in [6, 6.07) is 13.7. The van der Waals surface area contributed by atoms with Gasteiger partial charge < -0.3 is 9.51 Å². The van der Waals surface area contributed by atoms with E-state index in [1.807, 2.05) is 66.9 Å². The maximum absolute atomic E-state index is 10.6. The predicted octanol–water partition coefficient (Wildman–Crippen LogP) is 3.03. The van der Waals surface area contributed by atoms with Crippen LogP contribution < -0.4 is 0 Å². The van der Waals surface area contributed by atoms with Gasteiger partial charge in [0.05, 0.1) is 11.4 Å². The Labute approximate surface area is 112 Å². The molecule has 1 atom stereocenters. The van der Waals surface area contributed by atoms with E-state index in [1.165, 1.54) is 0 Å². The zero-order chi connectivity index (χ0) is 13.4. The minimum Gasteiger partial charge on any atom is -0.382 e. The van der Waals surface area contributed by atoms with Gasteiger partial charge in [0.1, 0.15) is 11.8 Å². The molecular formula is C16H16N2O. The van der Waals surface area contributed by atoms with Crippen molar-refractivity contribution in [3.05, 3.63) is 71.2 Å². The highest BCUT2D eigenvalue weighted by Crippen LogP contribution is 2.26. The zero-order valence-corrected chi connectivity index (χ0v) is 11.0. The van der Waals surface area contributed by atoms with Crippen molar-refractivity contribution < 1.29 is 5.11 Å². The molecule has 3 rings (SSSR count). The lowest BCUT2D eigenvalue weighted by molar-refractivity contribution is 0.213. The van der Waals surface area contributed by atoms with Crippen LogP contribution in [-0.2, 0) is 0 Å². The van der Waals surface area contributed by atoms with Crippen molar-refractivity contribution in [3.63, 3.8) is 0 Å². The molecule has 0 fully saturated rings. The zero-order valence-electron chi connectivity index (χ0n) is 11.0. The number of aliphatic hydroxyl groups excluding tert-OH is 1. The largest absolute Gasteiger partial charge is 0.382 e. The summed E-state index contributed by atoms with van der Waals surface area (Å²) in [5.41, 5.74) is 4.60. The quantitative estimate of drug-likeness (QED) is 0.761. The predicted molar refractivity (Wildman–Crippen MR) is 75.2 cm³/mol. The lowest BCUT2D eigenvalue weighted by Crippen LogP contribution is -2.05. The molecule has 0 spiro atoms. The van der Waals surface area contributed by atoms with Crippen LogP contribution >= 0.6 is 0 Å². The highest BCUT2D eigenvalue weighted by molar-refractivity contribution is 5.51. The van der Waals surface area contributed by atoms with E-state index in [4.69, 9.17) is 0 Å². The average molecular weight is 252 g/mol. The normalized spacial score (nSPS) is 12.8. The molecular weight excluding hydrogens is 236 g/mol. The molecule has 3 nitrogen and oxygen atoms in total. The molecule has 1 N–H and O–H groups in total. The van der Waals surface area contributed by atoms with E-state index in [0.717, 1.165) is 28.2 Å². The molecule has 0 aliphatic heterocycles. The van der Waals surface area contributed by atoms with Gasteiger partial charge in [-0.2, -0.15) is 0 Å². The summed E-state index contributed by atoms with van der Waals surface area (Å²) >= 11 is 0. The first-order valence-corrected chi connectivity index (χ1v) is 6.35. The van der Waals surface area contributed by atoms with Crippen LogP contribution in [0.1, 0.15) is 28.6 Å². The van der Waals surface area contributed by atoms with Crippen molar-refractivity contribution in [2.75, 3.05) is 0 Å². The Bertz CT molecular complexity index is 716. The van der Waals surface area contributed by atoms with Crippen LogP contribution in [-0.4, -0.2) is 14.5 Å². The van der Waals surface area contributed by atoms with E-state index in [1.54, 1.807) is 0 Å². The van der Waals surface area contributed by atoms with E-state index >= 15 is 0 Å². The van der Waals surface area contributed by atoms with Crippen LogP contribution in [0.3, 0.4) is 0 Å². The van der Waals surface area contributed by atoms with Crippen molar-refractivity contribution >= 4 is 5.65 Å². The molecule has 1 aromatic carbocycles. The Morgan fingerprint density at radius 1 is 1.05 bits per heavy atom. The van der Waals surface area contributed by atoms with Crippen LogP contribution in [0.4, 0.5) is 0 Å². The van der Waals surface area contributed by atoms with Gasteiger partial charge in [0.15, 0.2) is 0 Å². The van der Waals surface area contributed by atoms with E-state index in [9.17, 15) is 5.11 Å². The fraction of sp³-hybridized carbons (Fsp3) is 0.188. The molecule has 19 heavy (non-hydrogen) atoms. The Morgan fingerprint density at radius 2 is 1.79 bits per heavy atom. The van der Waals surface area contributed by atoms with Gasteiger partial charge in [-0.05, 0) is 31.0 Å². The third-order valence-electron chi connectivity index (χ3n) is 3.44. The molecule has 0 aliphatic carbocycles. The summed E-state index contributed by atoms with van der Waals surface area (Å²) in [5.74, 6) is 0. The molecule has 3 aromatic rings. The number of imidazole rings is 1. The van der Waals surface area contributed by atoms with E-state index < -0.39 is 6.10 Å². The summed E-state index contributed by atoms with van der Waals surface area (Å²) in [6.07, 6.45) is 1.29.